The zero-order valence-corrected chi connectivity index (χ0v) is 18.0. The minimum Gasteiger partial charge on any atom is -0.496 e. The number of methoxy groups -OCH3 is 1. The lowest BCUT2D eigenvalue weighted by Crippen LogP contribution is -2.14. The molecule has 1 aliphatic rings. The Labute approximate surface area is 183 Å². The number of rotatable bonds is 8. The minimum absolute atomic E-state index is 0.0886. The Balaban J connectivity index is 1.29. The van der Waals surface area contributed by atoms with Gasteiger partial charge in [-0.2, -0.15) is 0 Å². The van der Waals surface area contributed by atoms with E-state index in [4.69, 9.17) is 4.74 Å². The van der Waals surface area contributed by atoms with Gasteiger partial charge in [-0.25, -0.2) is 4.98 Å². The summed E-state index contributed by atoms with van der Waals surface area (Å²) in [6.45, 7) is 0. The van der Waals surface area contributed by atoms with E-state index in [1.54, 1.807) is 7.11 Å². The Hall–Kier alpha value is -2.84. The van der Waals surface area contributed by atoms with Crippen molar-refractivity contribution in [3.8, 4) is 17.0 Å². The van der Waals surface area contributed by atoms with Crippen molar-refractivity contribution >= 4 is 45.7 Å². The number of amides is 2. The second-order valence-corrected chi connectivity index (χ2v) is 8.77. The smallest absolute Gasteiger partial charge is 0.236 e. The van der Waals surface area contributed by atoms with Gasteiger partial charge in [0.25, 0.3) is 0 Å². The molecule has 0 radical (unpaired) electrons. The number of anilines is 2. The second kappa shape index (κ2) is 9.32. The summed E-state index contributed by atoms with van der Waals surface area (Å²) in [7, 11) is 1.62. The van der Waals surface area contributed by atoms with Gasteiger partial charge in [-0.1, -0.05) is 12.1 Å². The number of ether oxygens (including phenoxy) is 1. The normalized spacial score (nSPS) is 13.0. The summed E-state index contributed by atoms with van der Waals surface area (Å²) in [4.78, 5) is 29.6. The number of hydrogen-bond acceptors (Lipinski definition) is 6. The van der Waals surface area contributed by atoms with E-state index in [-0.39, 0.29) is 23.5 Å². The van der Waals surface area contributed by atoms with Crippen LogP contribution in [0, 0.1) is 5.92 Å². The lowest BCUT2D eigenvalue weighted by atomic mass is 10.1. The maximum Gasteiger partial charge on any atom is 0.236 e. The molecule has 1 saturated carbocycles. The van der Waals surface area contributed by atoms with Crippen molar-refractivity contribution in [2.24, 2.45) is 5.92 Å². The molecule has 2 aromatic carbocycles. The molecule has 0 bridgehead atoms. The lowest BCUT2D eigenvalue weighted by molar-refractivity contribution is -0.117. The number of hydrogen-bond donors (Lipinski definition) is 2. The van der Waals surface area contributed by atoms with E-state index in [9.17, 15) is 9.59 Å². The second-order valence-electron chi connectivity index (χ2n) is 6.86. The van der Waals surface area contributed by atoms with Crippen molar-refractivity contribution in [1.82, 2.24) is 4.98 Å². The largest absolute Gasteiger partial charge is 0.496 e. The summed E-state index contributed by atoms with van der Waals surface area (Å²) in [5.74, 6) is 1.17. The average molecular weight is 440 g/mol. The highest BCUT2D eigenvalue weighted by molar-refractivity contribution is 8.00. The summed E-state index contributed by atoms with van der Waals surface area (Å²) in [5, 5.41) is 8.21. The molecule has 1 aromatic heterocycles. The summed E-state index contributed by atoms with van der Waals surface area (Å²) in [6.07, 6.45) is 1.96. The third-order valence-corrected chi connectivity index (χ3v) is 6.34. The maximum absolute atomic E-state index is 12.3. The molecule has 1 aliphatic carbocycles. The fourth-order valence-electron chi connectivity index (χ4n) is 2.84. The van der Waals surface area contributed by atoms with Crippen LogP contribution in [-0.2, 0) is 9.59 Å². The highest BCUT2D eigenvalue weighted by atomic mass is 32.2. The molecule has 2 amide bonds. The molecule has 8 heteroatoms. The van der Waals surface area contributed by atoms with Gasteiger partial charge in [-0.15, -0.1) is 23.1 Å². The van der Waals surface area contributed by atoms with Gasteiger partial charge in [0.1, 0.15) is 5.75 Å². The number of thioether (sulfide) groups is 1. The molecular formula is C22H21N3O3S2. The molecule has 0 saturated heterocycles. The van der Waals surface area contributed by atoms with Crippen molar-refractivity contribution < 1.29 is 14.3 Å². The van der Waals surface area contributed by atoms with Crippen molar-refractivity contribution in [2.75, 3.05) is 23.5 Å². The van der Waals surface area contributed by atoms with Crippen LogP contribution >= 0.6 is 23.1 Å². The van der Waals surface area contributed by atoms with Gasteiger partial charge in [0.05, 0.1) is 18.6 Å². The van der Waals surface area contributed by atoms with Gasteiger partial charge in [-0.3, -0.25) is 9.59 Å². The summed E-state index contributed by atoms with van der Waals surface area (Å²) < 4.78 is 5.37. The van der Waals surface area contributed by atoms with Crippen LogP contribution in [0.3, 0.4) is 0 Å². The van der Waals surface area contributed by atoms with Gasteiger partial charge >= 0.3 is 0 Å². The number of nitrogens with one attached hydrogen (secondary N) is 2. The third-order valence-electron chi connectivity index (χ3n) is 4.57. The monoisotopic (exact) mass is 439 g/mol. The molecule has 1 fully saturated rings. The molecule has 30 heavy (non-hydrogen) atoms. The topological polar surface area (TPSA) is 80.3 Å². The summed E-state index contributed by atoms with van der Waals surface area (Å²) in [5.41, 5.74) is 2.44. The van der Waals surface area contributed by atoms with Crippen LogP contribution < -0.4 is 15.4 Å². The van der Waals surface area contributed by atoms with Gasteiger partial charge in [0.2, 0.25) is 11.8 Å². The van der Waals surface area contributed by atoms with Crippen LogP contribution in [-0.4, -0.2) is 29.7 Å². The Bertz CT molecular complexity index is 1050. The highest BCUT2D eigenvalue weighted by Gasteiger charge is 2.29. The molecule has 3 aromatic rings. The van der Waals surface area contributed by atoms with Crippen LogP contribution in [0.5, 0.6) is 5.75 Å². The fourth-order valence-corrected chi connectivity index (χ4v) is 4.26. The van der Waals surface area contributed by atoms with E-state index < -0.39 is 0 Å². The summed E-state index contributed by atoms with van der Waals surface area (Å²) >= 11 is 2.82. The molecular weight excluding hydrogens is 418 g/mol. The fraction of sp³-hybridized carbons (Fsp3) is 0.227. The first-order valence-corrected chi connectivity index (χ1v) is 11.4. The van der Waals surface area contributed by atoms with Crippen molar-refractivity contribution in [3.63, 3.8) is 0 Å². The van der Waals surface area contributed by atoms with Crippen molar-refractivity contribution in [2.45, 2.75) is 17.7 Å². The Kier molecular flexibility index (Phi) is 6.35. The molecule has 2 N–H and O–H groups in total. The van der Waals surface area contributed by atoms with Crippen LogP contribution in [0.15, 0.2) is 58.8 Å². The molecule has 4 rings (SSSR count). The number of para-hydroxylation sites is 1. The van der Waals surface area contributed by atoms with Gasteiger partial charge in [0.15, 0.2) is 5.13 Å². The standard InChI is InChI=1S/C22H21N3O3S2/c1-28-19-5-3-2-4-17(19)18-12-30-22(24-18)25-20(26)13-29-16-10-8-15(9-11-16)23-21(27)14-6-7-14/h2-5,8-12,14H,6-7,13H2,1H3,(H,23,27)(H,24,25,26). The van der Waals surface area contributed by atoms with Crippen LogP contribution in [0.2, 0.25) is 0 Å². The number of aromatic nitrogens is 1. The number of nitrogens with zero attached hydrogens (tertiary/aromatic N) is 1. The predicted octanol–water partition coefficient (Wildman–Crippen LogP) is 4.90. The van der Waals surface area contributed by atoms with Crippen molar-refractivity contribution in [3.05, 3.63) is 53.9 Å². The Morgan fingerprint density at radius 1 is 1.13 bits per heavy atom. The van der Waals surface area contributed by atoms with E-state index >= 15 is 0 Å². The minimum atomic E-state index is -0.118. The molecule has 0 aliphatic heterocycles. The SMILES string of the molecule is COc1ccccc1-c1csc(NC(=O)CSc2ccc(NC(=O)C3CC3)cc2)n1. The van der Waals surface area contributed by atoms with E-state index in [1.807, 2.05) is 53.9 Å². The summed E-state index contributed by atoms with van der Waals surface area (Å²) in [6, 6.07) is 15.2. The molecule has 154 valence electrons. The molecule has 6 nitrogen and oxygen atoms in total. The van der Waals surface area contributed by atoms with E-state index in [0.717, 1.165) is 40.4 Å². The zero-order valence-electron chi connectivity index (χ0n) is 16.4. The molecule has 1 heterocycles. The molecule has 0 atom stereocenters. The first-order valence-electron chi connectivity index (χ1n) is 9.55. The number of carbonyl (C=O) groups excluding carboxylic acids is 2. The third kappa shape index (κ3) is 5.20. The van der Waals surface area contributed by atoms with E-state index in [0.29, 0.717) is 5.13 Å². The van der Waals surface area contributed by atoms with Crippen LogP contribution in [0.25, 0.3) is 11.3 Å². The van der Waals surface area contributed by atoms with E-state index in [2.05, 4.69) is 15.6 Å². The highest BCUT2D eigenvalue weighted by Crippen LogP contribution is 2.32. The Morgan fingerprint density at radius 3 is 2.63 bits per heavy atom. The number of thiazole rings is 1. The molecule has 0 spiro atoms. The quantitative estimate of drug-likeness (QED) is 0.488. The number of carbonyl (C=O) groups is 2. The predicted molar refractivity (Wildman–Crippen MR) is 121 cm³/mol. The lowest BCUT2D eigenvalue weighted by Gasteiger charge is -2.06. The van der Waals surface area contributed by atoms with Crippen molar-refractivity contribution in [1.29, 1.82) is 0 Å². The van der Waals surface area contributed by atoms with Gasteiger partial charge in [-0.05, 0) is 49.2 Å². The van der Waals surface area contributed by atoms with Gasteiger partial charge < -0.3 is 15.4 Å². The van der Waals surface area contributed by atoms with Crippen LogP contribution in [0.1, 0.15) is 12.8 Å². The van der Waals surface area contributed by atoms with Gasteiger partial charge in [0, 0.05) is 27.4 Å². The average Bonchev–Trinajstić information content (AvgIpc) is 3.53. The first kappa shape index (κ1) is 20.4. The Morgan fingerprint density at radius 2 is 1.90 bits per heavy atom. The molecule has 0 unspecified atom stereocenters. The zero-order chi connectivity index (χ0) is 20.9. The maximum atomic E-state index is 12.3. The van der Waals surface area contributed by atoms with Crippen LogP contribution in [0.4, 0.5) is 10.8 Å². The first-order chi connectivity index (χ1) is 14.6. The van der Waals surface area contributed by atoms with E-state index in [1.165, 1.54) is 23.1 Å². The number of benzene rings is 2.